The minimum Gasteiger partial charge on any atom is -0.269 e. The van der Waals surface area contributed by atoms with E-state index in [2.05, 4.69) is 69.5 Å². The summed E-state index contributed by atoms with van der Waals surface area (Å²) in [6.45, 7) is 5.49. The van der Waals surface area contributed by atoms with E-state index in [1.807, 2.05) is 93.6 Å². The van der Waals surface area contributed by atoms with E-state index in [4.69, 9.17) is 0 Å². The molecule has 0 aliphatic heterocycles. The van der Waals surface area contributed by atoms with Crippen LogP contribution in [0.4, 0.5) is 0 Å². The summed E-state index contributed by atoms with van der Waals surface area (Å²) < 4.78 is 4.68. The van der Waals surface area contributed by atoms with Gasteiger partial charge in [-0.05, 0) is 142 Å². The Labute approximate surface area is 352 Å². The lowest BCUT2D eigenvalue weighted by Gasteiger charge is -2.18. The first kappa shape index (κ1) is 38.5. The Morgan fingerprint density at radius 2 is 0.574 bits per heavy atom. The predicted octanol–water partition coefficient (Wildman–Crippen LogP) is 9.26. The quantitative estimate of drug-likeness (QED) is 0.156. The van der Waals surface area contributed by atoms with Crippen molar-refractivity contribution in [3.63, 3.8) is 0 Å². The number of nitrogens with zero attached hydrogens (tertiary/aromatic N) is 6. The Morgan fingerprint density at radius 3 is 0.836 bits per heavy atom. The number of pyridine rings is 3. The van der Waals surface area contributed by atoms with Gasteiger partial charge in [0.2, 0.25) is 0 Å². The zero-order chi connectivity index (χ0) is 41.1. The molecule has 6 aromatic heterocycles. The van der Waals surface area contributed by atoms with Crippen molar-refractivity contribution >= 4 is 25.4 Å². The highest BCUT2D eigenvalue weighted by molar-refractivity contribution is 5.94. The molecule has 9 nitrogen and oxygen atoms in total. The predicted molar refractivity (Wildman–Crippen MR) is 244 cm³/mol. The normalized spacial score (nSPS) is 11.3. The minimum absolute atomic E-state index is 0. The van der Waals surface area contributed by atoms with Gasteiger partial charge in [-0.25, -0.2) is 15.0 Å². The lowest BCUT2D eigenvalue weighted by atomic mass is 9.86. The lowest BCUT2D eigenvalue weighted by molar-refractivity contribution is 1.02. The van der Waals surface area contributed by atoms with Crippen LogP contribution in [0.15, 0.2) is 179 Å². The summed E-state index contributed by atoms with van der Waals surface area (Å²) in [5.74, 6) is 0. The van der Waals surface area contributed by atoms with Crippen molar-refractivity contribution in [2.24, 2.45) is 0 Å². The molecule has 291 valence electrons. The molecule has 0 amide bonds. The molecule has 10 aromatic rings. The Kier molecular flexibility index (Phi) is 9.68. The minimum atomic E-state index is -0.124. The van der Waals surface area contributed by atoms with E-state index >= 15 is 0 Å². The van der Waals surface area contributed by atoms with Crippen molar-refractivity contribution in [1.29, 1.82) is 0 Å². The number of hydrogen-bond donors (Lipinski definition) is 0. The van der Waals surface area contributed by atoms with E-state index in [0.29, 0.717) is 34.0 Å². The maximum atomic E-state index is 12.8. The number of rotatable bonds is 6. The van der Waals surface area contributed by atoms with Gasteiger partial charge in [0.1, 0.15) is 16.9 Å². The molecule has 0 aliphatic rings. The van der Waals surface area contributed by atoms with Crippen LogP contribution in [0, 0.1) is 20.8 Å². The van der Waals surface area contributed by atoms with Crippen LogP contribution in [0.25, 0.3) is 83.7 Å². The number of fused-ring (bicyclic) bond motifs is 3. The third-order valence-corrected chi connectivity index (χ3v) is 11.0. The van der Waals surface area contributed by atoms with Crippen molar-refractivity contribution in [2.75, 3.05) is 0 Å². The van der Waals surface area contributed by atoms with Crippen LogP contribution in [-0.2, 0) is 0 Å². The molecule has 0 atom stereocenters. The van der Waals surface area contributed by atoms with Gasteiger partial charge in [0.05, 0.1) is 0 Å². The first-order valence-electron chi connectivity index (χ1n) is 19.6. The molecule has 0 N–H and O–H groups in total. The molecule has 0 saturated carbocycles. The zero-order valence-corrected chi connectivity index (χ0v) is 33.6. The molecular formula is C51H36BN6O3. The molecule has 10 heteroatoms. The molecule has 61 heavy (non-hydrogen) atoms. The van der Waals surface area contributed by atoms with Crippen molar-refractivity contribution in [2.45, 2.75) is 20.8 Å². The van der Waals surface area contributed by atoms with E-state index in [1.54, 1.807) is 31.8 Å². The summed E-state index contributed by atoms with van der Waals surface area (Å²) in [4.78, 5) is 52.5. The van der Waals surface area contributed by atoms with Gasteiger partial charge in [0.25, 0.3) is 16.7 Å². The summed E-state index contributed by atoms with van der Waals surface area (Å²) >= 11 is 0. The molecular weight excluding hydrogens is 755 g/mol. The monoisotopic (exact) mass is 791 g/mol. The van der Waals surface area contributed by atoms with Crippen LogP contribution in [0.3, 0.4) is 0 Å². The molecule has 0 fully saturated rings. The van der Waals surface area contributed by atoms with Crippen LogP contribution in [-0.4, -0.2) is 36.6 Å². The highest BCUT2D eigenvalue weighted by Gasteiger charge is 2.17. The van der Waals surface area contributed by atoms with Crippen LogP contribution in [0.2, 0.25) is 0 Å². The Bertz CT molecular complexity index is 3190. The fourth-order valence-corrected chi connectivity index (χ4v) is 8.22. The Balaban J connectivity index is 0.00000476. The third kappa shape index (κ3) is 7.04. The van der Waals surface area contributed by atoms with Crippen molar-refractivity contribution in [1.82, 2.24) is 28.2 Å². The highest BCUT2D eigenvalue weighted by atomic mass is 16.1. The van der Waals surface area contributed by atoms with Gasteiger partial charge in [0.15, 0.2) is 0 Å². The van der Waals surface area contributed by atoms with Crippen LogP contribution in [0.1, 0.15) is 17.1 Å². The largest absolute Gasteiger partial charge is 0.269 e. The molecule has 0 bridgehead atoms. The molecule has 0 unspecified atom stereocenters. The van der Waals surface area contributed by atoms with Gasteiger partial charge in [-0.2, -0.15) is 0 Å². The smallest absolute Gasteiger partial charge is 0.258 e. The highest BCUT2D eigenvalue weighted by Crippen LogP contribution is 2.42. The van der Waals surface area contributed by atoms with Crippen LogP contribution in [0.5, 0.6) is 0 Å². The number of hydrogen-bond acceptors (Lipinski definition) is 6. The van der Waals surface area contributed by atoms with Gasteiger partial charge < -0.3 is 0 Å². The number of benzene rings is 4. The molecule has 6 heterocycles. The summed E-state index contributed by atoms with van der Waals surface area (Å²) in [6, 6.07) is 47.9. The van der Waals surface area contributed by atoms with E-state index < -0.39 is 0 Å². The molecule has 0 saturated heterocycles. The summed E-state index contributed by atoms with van der Waals surface area (Å²) in [5.41, 5.74) is 15.1. The topological polar surface area (TPSA) is 103 Å². The zero-order valence-electron chi connectivity index (χ0n) is 33.6. The summed E-state index contributed by atoms with van der Waals surface area (Å²) in [5, 5.41) is 0. The lowest BCUT2D eigenvalue weighted by Crippen LogP contribution is -2.14. The fraction of sp³-hybridized carbons (Fsp3) is 0.0588. The summed E-state index contributed by atoms with van der Waals surface area (Å²) in [7, 11) is 0. The standard InChI is InChI=1S/C51H36N6O3.B/c1-31-22-49(58)55-19-16-34(28-46(55)52-31)40-10-4-7-13-43(40)37-25-38(44-14-8-5-11-41(44)35-17-20-56-47(29-35)53-32(2)23-50(56)59)27-39(26-37)45-15-9-6-12-42(45)36-18-21-57-48(30-36)54-33(3)24-51(57)60;/h4-30H,1-3H3;. The van der Waals surface area contributed by atoms with Gasteiger partial charge in [0, 0.05) is 62.3 Å². The van der Waals surface area contributed by atoms with E-state index in [9.17, 15) is 14.4 Å². The van der Waals surface area contributed by atoms with E-state index in [-0.39, 0.29) is 25.1 Å². The van der Waals surface area contributed by atoms with Gasteiger partial charge in [-0.3, -0.25) is 27.6 Å². The van der Waals surface area contributed by atoms with Crippen molar-refractivity contribution in [3.8, 4) is 66.8 Å². The third-order valence-electron chi connectivity index (χ3n) is 11.0. The Hall–Kier alpha value is -7.98. The number of aryl methyl sites for hydroxylation is 3. The first-order chi connectivity index (χ1) is 29.2. The molecule has 3 radical (unpaired) electrons. The van der Waals surface area contributed by atoms with Gasteiger partial charge >= 0.3 is 0 Å². The number of aromatic nitrogens is 6. The first-order valence-corrected chi connectivity index (χ1v) is 19.6. The molecule has 4 aromatic carbocycles. The van der Waals surface area contributed by atoms with Crippen molar-refractivity contribution in [3.05, 3.63) is 212 Å². The fourth-order valence-electron chi connectivity index (χ4n) is 8.22. The summed E-state index contributed by atoms with van der Waals surface area (Å²) in [6.07, 6.45) is 5.35. The Morgan fingerprint density at radius 1 is 0.328 bits per heavy atom. The molecule has 0 spiro atoms. The second-order valence-electron chi connectivity index (χ2n) is 15.1. The van der Waals surface area contributed by atoms with Crippen LogP contribution < -0.4 is 16.7 Å². The average Bonchev–Trinajstić information content (AvgIpc) is 3.25. The second kappa shape index (κ2) is 15.3. The van der Waals surface area contributed by atoms with E-state index in [1.165, 1.54) is 18.2 Å². The van der Waals surface area contributed by atoms with Crippen molar-refractivity contribution < 1.29 is 0 Å². The maximum absolute atomic E-state index is 12.8. The maximum Gasteiger partial charge on any atom is 0.258 e. The van der Waals surface area contributed by atoms with Gasteiger partial charge in [-0.1, -0.05) is 72.8 Å². The SMILES string of the molecule is Cc1cc(=O)n2ccc(-c3ccccc3-c3cc(-c4ccccc4-c4ccn5c(=O)cc(C)nc5c4)cc(-c4ccccc4-c4ccn5c(=O)cc(C)nc5c4)c3)cc2n1.[B]. The van der Waals surface area contributed by atoms with Crippen LogP contribution >= 0.6 is 0 Å². The van der Waals surface area contributed by atoms with Gasteiger partial charge in [-0.15, -0.1) is 0 Å². The molecule has 10 rings (SSSR count). The second-order valence-corrected chi connectivity index (χ2v) is 15.1. The average molecular weight is 792 g/mol. The molecule has 0 aliphatic carbocycles. The van der Waals surface area contributed by atoms with E-state index in [0.717, 1.165) is 66.8 Å².